The minimum absolute atomic E-state index is 0. The number of carbonyl (C=O) groups is 1. The van der Waals surface area contributed by atoms with Crippen molar-refractivity contribution in [2.24, 2.45) is 4.99 Å². The molecule has 8 heteroatoms. The Kier molecular flexibility index (Phi) is 12.4. The number of amides is 1. The molecule has 0 aliphatic carbocycles. The fraction of sp³-hybridized carbons (Fsp3) is 0.391. The fourth-order valence-electron chi connectivity index (χ4n) is 2.93. The van der Waals surface area contributed by atoms with Crippen LogP contribution in [0.2, 0.25) is 0 Å². The molecule has 3 N–H and O–H groups in total. The van der Waals surface area contributed by atoms with Gasteiger partial charge >= 0.3 is 0 Å². The van der Waals surface area contributed by atoms with Gasteiger partial charge in [0.05, 0.1) is 20.3 Å². The number of halogens is 1. The summed E-state index contributed by atoms with van der Waals surface area (Å²) in [7, 11) is 3.27. The molecule has 2 aromatic rings. The molecule has 0 heterocycles. The number of hydrogen-bond acceptors (Lipinski definition) is 4. The Labute approximate surface area is 202 Å². The molecule has 31 heavy (non-hydrogen) atoms. The van der Waals surface area contributed by atoms with Gasteiger partial charge < -0.3 is 25.4 Å². The standard InChI is InChI=1S/C23H32N4O3.HI/c1-5-25-23(26-13-12-17-8-7-9-19(14-17)22(28)24-3)27-16-18-10-11-20(30-6-2)21(15-18)29-4;/h7-11,14-15H,5-6,12-13,16H2,1-4H3,(H,24,28)(H2,25,26,27);1H. The molecule has 0 atom stereocenters. The molecule has 0 spiro atoms. The number of nitrogens with one attached hydrogen (secondary N) is 3. The molecule has 0 saturated carbocycles. The van der Waals surface area contributed by atoms with E-state index >= 15 is 0 Å². The summed E-state index contributed by atoms with van der Waals surface area (Å²) < 4.78 is 11.0. The molecule has 0 radical (unpaired) electrons. The highest BCUT2D eigenvalue weighted by molar-refractivity contribution is 14.0. The molecule has 0 fully saturated rings. The van der Waals surface area contributed by atoms with Crippen LogP contribution in [-0.4, -0.2) is 45.7 Å². The molecule has 0 unspecified atom stereocenters. The van der Waals surface area contributed by atoms with E-state index in [1.807, 2.05) is 56.3 Å². The highest BCUT2D eigenvalue weighted by atomic mass is 127. The van der Waals surface area contributed by atoms with E-state index < -0.39 is 0 Å². The second-order valence-electron chi connectivity index (χ2n) is 6.57. The second-order valence-corrected chi connectivity index (χ2v) is 6.57. The number of methoxy groups -OCH3 is 1. The summed E-state index contributed by atoms with van der Waals surface area (Å²) in [6.07, 6.45) is 0.784. The number of hydrogen-bond donors (Lipinski definition) is 3. The number of carbonyl (C=O) groups excluding carboxylic acids is 1. The number of benzene rings is 2. The summed E-state index contributed by atoms with van der Waals surface area (Å²) in [5.74, 6) is 2.11. The zero-order valence-electron chi connectivity index (χ0n) is 18.7. The fourth-order valence-corrected chi connectivity index (χ4v) is 2.93. The number of guanidine groups is 1. The van der Waals surface area contributed by atoms with Crippen LogP contribution in [-0.2, 0) is 13.0 Å². The molecule has 0 aliphatic heterocycles. The highest BCUT2D eigenvalue weighted by Gasteiger charge is 2.06. The predicted octanol–water partition coefficient (Wildman–Crippen LogP) is 3.37. The first kappa shape index (κ1) is 26.5. The number of aliphatic imine (C=N–C) groups is 1. The van der Waals surface area contributed by atoms with Crippen molar-refractivity contribution in [1.82, 2.24) is 16.0 Å². The summed E-state index contributed by atoms with van der Waals surface area (Å²) in [4.78, 5) is 16.4. The van der Waals surface area contributed by atoms with Gasteiger partial charge in [0.2, 0.25) is 0 Å². The zero-order chi connectivity index (χ0) is 21.8. The lowest BCUT2D eigenvalue weighted by Crippen LogP contribution is -2.38. The minimum atomic E-state index is -0.0782. The Bertz CT molecular complexity index is 858. The van der Waals surface area contributed by atoms with Crippen LogP contribution < -0.4 is 25.4 Å². The molecule has 2 aromatic carbocycles. The Morgan fingerprint density at radius 1 is 1.03 bits per heavy atom. The Balaban J connectivity index is 0.00000480. The van der Waals surface area contributed by atoms with Crippen molar-refractivity contribution in [1.29, 1.82) is 0 Å². The minimum Gasteiger partial charge on any atom is -0.493 e. The van der Waals surface area contributed by atoms with Crippen LogP contribution in [0, 0.1) is 0 Å². The van der Waals surface area contributed by atoms with Gasteiger partial charge in [-0.05, 0) is 55.7 Å². The van der Waals surface area contributed by atoms with Crippen molar-refractivity contribution < 1.29 is 14.3 Å². The number of nitrogens with zero attached hydrogens (tertiary/aromatic N) is 1. The quantitative estimate of drug-likeness (QED) is 0.245. The van der Waals surface area contributed by atoms with Crippen molar-refractivity contribution in [2.75, 3.05) is 33.9 Å². The number of rotatable bonds is 10. The van der Waals surface area contributed by atoms with Crippen LogP contribution in [0.4, 0.5) is 0 Å². The maximum atomic E-state index is 11.8. The van der Waals surface area contributed by atoms with Gasteiger partial charge in [0.25, 0.3) is 5.91 Å². The molecule has 0 aromatic heterocycles. The third-order valence-corrected chi connectivity index (χ3v) is 4.41. The van der Waals surface area contributed by atoms with Gasteiger partial charge in [0.1, 0.15) is 0 Å². The Morgan fingerprint density at radius 2 is 1.84 bits per heavy atom. The zero-order valence-corrected chi connectivity index (χ0v) is 21.0. The van der Waals surface area contributed by atoms with Gasteiger partial charge in [-0.1, -0.05) is 18.2 Å². The molecule has 0 aliphatic rings. The van der Waals surface area contributed by atoms with E-state index in [1.54, 1.807) is 14.2 Å². The predicted molar refractivity (Wildman–Crippen MR) is 136 cm³/mol. The first-order chi connectivity index (χ1) is 14.6. The van der Waals surface area contributed by atoms with Crippen molar-refractivity contribution in [2.45, 2.75) is 26.8 Å². The summed E-state index contributed by atoms with van der Waals surface area (Å²) in [6, 6.07) is 13.5. The Morgan fingerprint density at radius 3 is 2.52 bits per heavy atom. The maximum absolute atomic E-state index is 11.8. The maximum Gasteiger partial charge on any atom is 0.251 e. The first-order valence-electron chi connectivity index (χ1n) is 10.2. The molecule has 0 bridgehead atoms. The summed E-state index contributed by atoms with van der Waals surface area (Å²) in [5, 5.41) is 9.25. The lowest BCUT2D eigenvalue weighted by atomic mass is 10.1. The third-order valence-electron chi connectivity index (χ3n) is 4.41. The topological polar surface area (TPSA) is 84.0 Å². The van der Waals surface area contributed by atoms with Gasteiger partial charge in [0.15, 0.2) is 17.5 Å². The average Bonchev–Trinajstić information content (AvgIpc) is 2.78. The molecule has 7 nitrogen and oxygen atoms in total. The molecular formula is C23H33IN4O3. The monoisotopic (exact) mass is 540 g/mol. The van der Waals surface area contributed by atoms with E-state index in [0.29, 0.717) is 31.0 Å². The van der Waals surface area contributed by atoms with Crippen LogP contribution in [0.1, 0.15) is 35.3 Å². The highest BCUT2D eigenvalue weighted by Crippen LogP contribution is 2.28. The van der Waals surface area contributed by atoms with Crippen LogP contribution in [0.3, 0.4) is 0 Å². The summed E-state index contributed by atoms with van der Waals surface area (Å²) >= 11 is 0. The SMILES string of the molecule is CCNC(=NCc1ccc(OCC)c(OC)c1)NCCc1cccc(C(=O)NC)c1.I. The van der Waals surface area contributed by atoms with Gasteiger partial charge in [0, 0.05) is 25.7 Å². The van der Waals surface area contributed by atoms with Crippen molar-refractivity contribution in [3.8, 4) is 11.5 Å². The van der Waals surface area contributed by atoms with E-state index in [1.165, 1.54) is 0 Å². The first-order valence-corrected chi connectivity index (χ1v) is 10.2. The van der Waals surface area contributed by atoms with E-state index in [2.05, 4.69) is 20.9 Å². The molecule has 1 amide bonds. The van der Waals surface area contributed by atoms with Crippen molar-refractivity contribution in [3.05, 3.63) is 59.2 Å². The van der Waals surface area contributed by atoms with E-state index in [-0.39, 0.29) is 29.9 Å². The lowest BCUT2D eigenvalue weighted by Gasteiger charge is -2.13. The summed E-state index contributed by atoms with van der Waals surface area (Å²) in [5.41, 5.74) is 2.79. The van der Waals surface area contributed by atoms with Crippen LogP contribution in [0.5, 0.6) is 11.5 Å². The van der Waals surface area contributed by atoms with Crippen LogP contribution in [0.25, 0.3) is 0 Å². The van der Waals surface area contributed by atoms with Crippen LogP contribution in [0.15, 0.2) is 47.5 Å². The molecular weight excluding hydrogens is 507 g/mol. The van der Waals surface area contributed by atoms with Gasteiger partial charge in [-0.3, -0.25) is 4.79 Å². The normalized spacial score (nSPS) is 10.6. The van der Waals surface area contributed by atoms with Gasteiger partial charge in [-0.15, -0.1) is 24.0 Å². The Hall–Kier alpha value is -2.49. The van der Waals surface area contributed by atoms with Gasteiger partial charge in [-0.2, -0.15) is 0 Å². The average molecular weight is 540 g/mol. The smallest absolute Gasteiger partial charge is 0.251 e. The van der Waals surface area contributed by atoms with Crippen molar-refractivity contribution in [3.63, 3.8) is 0 Å². The van der Waals surface area contributed by atoms with E-state index in [0.717, 1.165) is 35.8 Å². The van der Waals surface area contributed by atoms with Crippen LogP contribution >= 0.6 is 24.0 Å². The lowest BCUT2D eigenvalue weighted by molar-refractivity contribution is 0.0963. The summed E-state index contributed by atoms with van der Waals surface area (Å²) in [6.45, 7) is 6.56. The molecule has 2 rings (SSSR count). The third kappa shape index (κ3) is 8.64. The molecule has 0 saturated heterocycles. The number of ether oxygens (including phenoxy) is 2. The van der Waals surface area contributed by atoms with E-state index in [4.69, 9.17) is 9.47 Å². The van der Waals surface area contributed by atoms with E-state index in [9.17, 15) is 4.79 Å². The van der Waals surface area contributed by atoms with Crippen molar-refractivity contribution >= 4 is 35.8 Å². The molecule has 170 valence electrons. The largest absolute Gasteiger partial charge is 0.493 e. The van der Waals surface area contributed by atoms with Gasteiger partial charge in [-0.25, -0.2) is 4.99 Å². The second kappa shape index (κ2) is 14.5.